The molecule has 16 heavy (non-hydrogen) atoms. The highest BCUT2D eigenvalue weighted by Crippen LogP contribution is 2.10. The summed E-state index contributed by atoms with van der Waals surface area (Å²) in [5.41, 5.74) is 4.12. The molecule has 0 unspecified atom stereocenters. The molecule has 0 aliphatic heterocycles. The third-order valence-corrected chi connectivity index (χ3v) is 2.17. The highest BCUT2D eigenvalue weighted by molar-refractivity contribution is 5.82. The molecule has 0 aliphatic carbocycles. The Morgan fingerprint density at radius 3 is 2.31 bits per heavy atom. The van der Waals surface area contributed by atoms with Crippen LogP contribution in [0.1, 0.15) is 31.9 Å². The molecule has 0 N–H and O–H groups in total. The third kappa shape index (κ3) is 3.11. The van der Waals surface area contributed by atoms with Crippen molar-refractivity contribution in [1.29, 1.82) is 0 Å². The summed E-state index contributed by atoms with van der Waals surface area (Å²) in [6.07, 6.45) is 3.37. The van der Waals surface area contributed by atoms with Crippen LogP contribution in [0.5, 0.6) is 0 Å². The first-order chi connectivity index (χ1) is 7.45. The molecule has 2 heteroatoms. The van der Waals surface area contributed by atoms with Crippen LogP contribution in [0.3, 0.4) is 0 Å². The van der Waals surface area contributed by atoms with E-state index in [1.165, 1.54) is 0 Å². The fraction of sp³-hybridized carbons (Fsp3) is 0.286. The van der Waals surface area contributed by atoms with Crippen molar-refractivity contribution in [3.63, 3.8) is 0 Å². The van der Waals surface area contributed by atoms with Gasteiger partial charge in [0.15, 0.2) is 11.8 Å². The van der Waals surface area contributed by atoms with E-state index in [1.807, 2.05) is 45.0 Å². The molecule has 0 saturated carbocycles. The molecule has 0 atom stereocenters. The third-order valence-electron chi connectivity index (χ3n) is 2.17. The maximum Gasteiger partial charge on any atom is 0.182 e. The Labute approximate surface area is 96.8 Å². The molecule has 1 rings (SSSR count). The van der Waals surface area contributed by atoms with Crippen LogP contribution in [0.4, 0.5) is 0 Å². The van der Waals surface area contributed by atoms with Crippen molar-refractivity contribution in [3.05, 3.63) is 52.9 Å². The lowest BCUT2D eigenvalue weighted by Gasteiger charge is -2.18. The second kappa shape index (κ2) is 4.82. The zero-order chi connectivity index (χ0) is 12.2. The SMILES string of the molecule is C=C=Cc1ccccc1/C=[N+](\[O-])C(C)(C)C. The van der Waals surface area contributed by atoms with Gasteiger partial charge in [-0.2, -0.15) is 0 Å². The minimum atomic E-state index is -0.426. The van der Waals surface area contributed by atoms with E-state index in [2.05, 4.69) is 12.3 Å². The van der Waals surface area contributed by atoms with Crippen LogP contribution in [-0.4, -0.2) is 16.5 Å². The van der Waals surface area contributed by atoms with Crippen LogP contribution in [0.15, 0.2) is 36.6 Å². The van der Waals surface area contributed by atoms with E-state index in [0.717, 1.165) is 15.9 Å². The zero-order valence-corrected chi connectivity index (χ0v) is 10.0. The van der Waals surface area contributed by atoms with Crippen molar-refractivity contribution >= 4 is 12.3 Å². The largest absolute Gasteiger partial charge is 0.623 e. The van der Waals surface area contributed by atoms with Gasteiger partial charge in [0.05, 0.1) is 0 Å². The van der Waals surface area contributed by atoms with Gasteiger partial charge >= 0.3 is 0 Å². The van der Waals surface area contributed by atoms with Crippen LogP contribution >= 0.6 is 0 Å². The lowest BCUT2D eigenvalue weighted by molar-refractivity contribution is -0.530. The van der Waals surface area contributed by atoms with Gasteiger partial charge in [0.25, 0.3) is 0 Å². The summed E-state index contributed by atoms with van der Waals surface area (Å²) >= 11 is 0. The van der Waals surface area contributed by atoms with E-state index in [-0.39, 0.29) is 0 Å². The number of rotatable bonds is 2. The van der Waals surface area contributed by atoms with Crippen LogP contribution in [0, 0.1) is 5.21 Å². The topological polar surface area (TPSA) is 26.1 Å². The average molecular weight is 215 g/mol. The second-order valence-corrected chi connectivity index (χ2v) is 4.60. The van der Waals surface area contributed by atoms with Gasteiger partial charge in [-0.25, -0.2) is 4.74 Å². The molecule has 0 heterocycles. The summed E-state index contributed by atoms with van der Waals surface area (Å²) in [6, 6.07) is 7.66. The fourth-order valence-corrected chi connectivity index (χ4v) is 1.19. The molecule has 2 nitrogen and oxygen atoms in total. The van der Waals surface area contributed by atoms with E-state index in [0.29, 0.717) is 0 Å². The molecular formula is C14H17NO. The Balaban J connectivity index is 3.20. The van der Waals surface area contributed by atoms with Crippen LogP contribution in [-0.2, 0) is 0 Å². The Morgan fingerprint density at radius 1 is 1.25 bits per heavy atom. The van der Waals surface area contributed by atoms with Gasteiger partial charge in [-0.15, -0.1) is 5.73 Å². The van der Waals surface area contributed by atoms with E-state index < -0.39 is 5.54 Å². The van der Waals surface area contributed by atoms with Gasteiger partial charge in [-0.1, -0.05) is 24.8 Å². The Bertz CT molecular complexity index is 446. The first kappa shape index (κ1) is 12.3. The first-order valence-electron chi connectivity index (χ1n) is 5.21. The standard InChI is InChI=1S/C14H17NO/c1-5-8-12-9-6-7-10-13(12)11-15(16)14(2,3)4/h6-11H,1H2,2-4H3/b15-11-. The quantitative estimate of drug-likeness (QED) is 0.244. The number of hydrogen-bond acceptors (Lipinski definition) is 1. The van der Waals surface area contributed by atoms with Gasteiger partial charge in [0.2, 0.25) is 0 Å². The summed E-state index contributed by atoms with van der Waals surface area (Å²) < 4.78 is 0.961. The fourth-order valence-electron chi connectivity index (χ4n) is 1.19. The zero-order valence-electron chi connectivity index (χ0n) is 10.0. The lowest BCUT2D eigenvalue weighted by Crippen LogP contribution is -2.29. The van der Waals surface area contributed by atoms with Gasteiger partial charge < -0.3 is 5.21 Å². The first-order valence-corrected chi connectivity index (χ1v) is 5.21. The number of hydrogen-bond donors (Lipinski definition) is 0. The molecule has 1 aromatic carbocycles. The second-order valence-electron chi connectivity index (χ2n) is 4.60. The molecular weight excluding hydrogens is 198 g/mol. The van der Waals surface area contributed by atoms with Crippen molar-refractivity contribution in [3.8, 4) is 0 Å². The van der Waals surface area contributed by atoms with Crippen molar-refractivity contribution in [2.75, 3.05) is 0 Å². The van der Waals surface area contributed by atoms with E-state index >= 15 is 0 Å². The molecule has 0 bridgehead atoms. The normalized spacial score (nSPS) is 12.1. The van der Waals surface area contributed by atoms with Crippen molar-refractivity contribution < 1.29 is 4.74 Å². The number of nitrogens with zero attached hydrogens (tertiary/aromatic N) is 1. The monoisotopic (exact) mass is 215 g/mol. The predicted molar refractivity (Wildman–Crippen MR) is 68.6 cm³/mol. The van der Waals surface area contributed by atoms with Crippen molar-refractivity contribution in [2.24, 2.45) is 0 Å². The molecule has 0 amide bonds. The van der Waals surface area contributed by atoms with Gasteiger partial charge in [0.1, 0.15) is 0 Å². The number of hydroxylamine groups is 1. The van der Waals surface area contributed by atoms with Crippen LogP contribution < -0.4 is 0 Å². The van der Waals surface area contributed by atoms with Crippen molar-refractivity contribution in [1.82, 2.24) is 0 Å². The minimum absolute atomic E-state index is 0.426. The smallest absolute Gasteiger partial charge is 0.182 e. The minimum Gasteiger partial charge on any atom is -0.623 e. The average Bonchev–Trinajstić information content (AvgIpc) is 2.20. The molecule has 0 aliphatic rings. The highest BCUT2D eigenvalue weighted by Gasteiger charge is 2.18. The predicted octanol–water partition coefficient (Wildman–Crippen LogP) is 3.21. The summed E-state index contributed by atoms with van der Waals surface area (Å²) in [7, 11) is 0. The molecule has 84 valence electrons. The van der Waals surface area contributed by atoms with E-state index in [9.17, 15) is 5.21 Å². The van der Waals surface area contributed by atoms with E-state index in [4.69, 9.17) is 0 Å². The lowest BCUT2D eigenvalue weighted by atomic mass is 10.1. The molecule has 0 fully saturated rings. The van der Waals surface area contributed by atoms with Crippen molar-refractivity contribution in [2.45, 2.75) is 26.3 Å². The van der Waals surface area contributed by atoms with Gasteiger partial charge in [0, 0.05) is 26.3 Å². The Kier molecular flexibility index (Phi) is 3.70. The summed E-state index contributed by atoms with van der Waals surface area (Å²) in [4.78, 5) is 0. The van der Waals surface area contributed by atoms with E-state index in [1.54, 1.807) is 12.3 Å². The summed E-state index contributed by atoms with van der Waals surface area (Å²) in [5, 5.41) is 11.8. The molecule has 0 aromatic heterocycles. The molecule has 0 saturated heterocycles. The molecule has 0 spiro atoms. The van der Waals surface area contributed by atoms with Gasteiger partial charge in [-0.05, 0) is 17.7 Å². The van der Waals surface area contributed by atoms with Gasteiger partial charge in [-0.3, -0.25) is 0 Å². The Hall–Kier alpha value is -1.79. The molecule has 1 aromatic rings. The maximum absolute atomic E-state index is 11.8. The Morgan fingerprint density at radius 2 is 1.81 bits per heavy atom. The maximum atomic E-state index is 11.8. The summed E-state index contributed by atoms with van der Waals surface area (Å²) in [6.45, 7) is 9.17. The molecule has 0 radical (unpaired) electrons. The van der Waals surface area contributed by atoms with Crippen LogP contribution in [0.2, 0.25) is 0 Å². The summed E-state index contributed by atoms with van der Waals surface area (Å²) in [5.74, 6) is 0. The van der Waals surface area contributed by atoms with Crippen LogP contribution in [0.25, 0.3) is 6.08 Å². The number of benzene rings is 1. The highest BCUT2D eigenvalue weighted by atomic mass is 16.5.